The Kier molecular flexibility index (Phi) is 6.30. The number of halogens is 3. The fourth-order valence-electron chi connectivity index (χ4n) is 4.82. The van der Waals surface area contributed by atoms with Gasteiger partial charge in [-0.05, 0) is 78.8 Å². The number of fused-ring (bicyclic) bond motifs is 2. The molecule has 1 aromatic heterocycles. The molecule has 1 atom stereocenters. The third kappa shape index (κ3) is 5.15. The number of ether oxygens (including phenoxy) is 1. The van der Waals surface area contributed by atoms with Crippen LogP contribution in [0.3, 0.4) is 0 Å². The third-order valence-electron chi connectivity index (χ3n) is 6.37. The highest BCUT2D eigenvalue weighted by Gasteiger charge is 2.31. The lowest BCUT2D eigenvalue weighted by atomic mass is 9.87. The Labute approximate surface area is 205 Å². The lowest BCUT2D eigenvalue weighted by Gasteiger charge is -2.28. The summed E-state index contributed by atoms with van der Waals surface area (Å²) in [6, 6.07) is 19.7. The topological polar surface area (TPSA) is 76.4 Å². The maximum absolute atomic E-state index is 12.5. The van der Waals surface area contributed by atoms with Crippen molar-refractivity contribution >= 4 is 28.6 Å². The zero-order chi connectivity index (χ0) is 25.3. The Hall–Kier alpha value is -4.01. The summed E-state index contributed by atoms with van der Waals surface area (Å²) in [5, 5.41) is 12.3. The van der Waals surface area contributed by atoms with Gasteiger partial charge < -0.3 is 19.7 Å². The number of aliphatic carboxylic acids is 1. The standard InChI is InChI=1S/C27H24F3N3O3/c28-27(29,30)36-20-12-10-19(11-13-20)31-26-32-22-16-17(9-15-25(34)35)8-14-24(22)33(26)23-7-3-5-18-4-1-2-6-21(18)23/h1-2,4,6,8,10-14,16,23H,3,5,7,9,15H2,(H,31,32)(H,34,35)/t23-/m1/s1. The predicted molar refractivity (Wildman–Crippen MR) is 130 cm³/mol. The van der Waals surface area contributed by atoms with Crippen molar-refractivity contribution in [2.75, 3.05) is 5.32 Å². The Morgan fingerprint density at radius 3 is 2.64 bits per heavy atom. The molecule has 2 N–H and O–H groups in total. The minimum atomic E-state index is -4.75. The molecule has 0 aliphatic heterocycles. The summed E-state index contributed by atoms with van der Waals surface area (Å²) in [5.74, 6) is -0.600. The number of nitrogens with one attached hydrogen (secondary N) is 1. The van der Waals surface area contributed by atoms with Gasteiger partial charge in [-0.3, -0.25) is 4.79 Å². The van der Waals surface area contributed by atoms with Crippen molar-refractivity contribution in [2.24, 2.45) is 0 Å². The van der Waals surface area contributed by atoms with Gasteiger partial charge in [0.15, 0.2) is 0 Å². The predicted octanol–water partition coefficient (Wildman–Crippen LogP) is 6.62. The van der Waals surface area contributed by atoms with Crippen LogP contribution >= 0.6 is 0 Å². The molecule has 1 aliphatic carbocycles. The number of carboxylic acid groups (broad SMARTS) is 1. The van der Waals surface area contributed by atoms with Crippen molar-refractivity contribution in [3.8, 4) is 5.75 Å². The zero-order valence-corrected chi connectivity index (χ0v) is 19.3. The van der Waals surface area contributed by atoms with E-state index in [2.05, 4.69) is 26.8 Å². The fraction of sp³-hybridized carbons (Fsp3) is 0.259. The number of anilines is 2. The minimum absolute atomic E-state index is 0.0274. The van der Waals surface area contributed by atoms with Crippen LogP contribution in [-0.2, 0) is 17.6 Å². The molecule has 0 bridgehead atoms. The summed E-state index contributed by atoms with van der Waals surface area (Å²) in [6.45, 7) is 0. The fourth-order valence-corrected chi connectivity index (χ4v) is 4.82. The smallest absolute Gasteiger partial charge is 0.481 e. The van der Waals surface area contributed by atoms with Gasteiger partial charge in [-0.1, -0.05) is 30.3 Å². The molecule has 0 spiro atoms. The SMILES string of the molecule is O=C(O)CCc1ccc2c(c1)nc(Nc1ccc(OC(F)(F)F)cc1)n2[C@@H]1CCCc2ccccc21. The van der Waals surface area contributed by atoms with Gasteiger partial charge in [0.2, 0.25) is 5.95 Å². The number of alkyl halides is 3. The van der Waals surface area contributed by atoms with Crippen LogP contribution in [0.15, 0.2) is 66.7 Å². The van der Waals surface area contributed by atoms with Crippen LogP contribution in [0.4, 0.5) is 24.8 Å². The molecule has 6 nitrogen and oxygen atoms in total. The first-order chi connectivity index (χ1) is 17.3. The molecule has 4 aromatic rings. The number of carbonyl (C=O) groups is 1. The summed E-state index contributed by atoms with van der Waals surface area (Å²) in [7, 11) is 0. The van der Waals surface area contributed by atoms with E-state index in [1.165, 1.54) is 35.4 Å². The van der Waals surface area contributed by atoms with Crippen LogP contribution < -0.4 is 10.1 Å². The average molecular weight is 496 g/mol. The van der Waals surface area contributed by atoms with E-state index < -0.39 is 12.3 Å². The van der Waals surface area contributed by atoms with E-state index in [9.17, 15) is 18.0 Å². The highest BCUT2D eigenvalue weighted by molar-refractivity contribution is 5.81. The Morgan fingerprint density at radius 1 is 1.11 bits per heavy atom. The molecule has 3 aromatic carbocycles. The quantitative estimate of drug-likeness (QED) is 0.301. The van der Waals surface area contributed by atoms with E-state index in [-0.39, 0.29) is 18.2 Å². The van der Waals surface area contributed by atoms with Crippen molar-refractivity contribution < 1.29 is 27.8 Å². The number of hydrogen-bond acceptors (Lipinski definition) is 4. The number of aromatic nitrogens is 2. The number of imidazole rings is 1. The molecule has 0 fully saturated rings. The normalized spacial score (nSPS) is 15.5. The highest BCUT2D eigenvalue weighted by Crippen LogP contribution is 2.38. The monoisotopic (exact) mass is 495 g/mol. The molecule has 1 aliphatic rings. The maximum atomic E-state index is 12.5. The first-order valence-corrected chi connectivity index (χ1v) is 11.7. The number of nitrogens with zero attached hydrogens (tertiary/aromatic N) is 2. The number of rotatable bonds is 7. The van der Waals surface area contributed by atoms with E-state index in [1.807, 2.05) is 30.3 Å². The second kappa shape index (κ2) is 9.56. The van der Waals surface area contributed by atoms with Gasteiger partial charge in [-0.15, -0.1) is 13.2 Å². The van der Waals surface area contributed by atoms with Crippen LogP contribution in [0.5, 0.6) is 5.75 Å². The lowest BCUT2D eigenvalue weighted by molar-refractivity contribution is -0.274. The van der Waals surface area contributed by atoms with Gasteiger partial charge in [0.25, 0.3) is 0 Å². The van der Waals surface area contributed by atoms with Crippen LogP contribution in [0.2, 0.25) is 0 Å². The van der Waals surface area contributed by atoms with E-state index >= 15 is 0 Å². The van der Waals surface area contributed by atoms with Crippen molar-refractivity contribution in [1.82, 2.24) is 9.55 Å². The lowest BCUT2D eigenvalue weighted by Crippen LogP contribution is -2.18. The Morgan fingerprint density at radius 2 is 1.89 bits per heavy atom. The first kappa shape index (κ1) is 23.7. The number of aryl methyl sites for hydroxylation is 2. The molecule has 5 rings (SSSR count). The molecule has 0 unspecified atom stereocenters. The molecule has 9 heteroatoms. The molecular weight excluding hydrogens is 471 g/mol. The van der Waals surface area contributed by atoms with Crippen molar-refractivity contribution in [2.45, 2.75) is 44.5 Å². The highest BCUT2D eigenvalue weighted by atomic mass is 19.4. The summed E-state index contributed by atoms with van der Waals surface area (Å²) in [6.07, 6.45) is -1.40. The van der Waals surface area contributed by atoms with Gasteiger partial charge in [-0.25, -0.2) is 4.98 Å². The Balaban J connectivity index is 1.54. The van der Waals surface area contributed by atoms with Crippen LogP contribution in [0.1, 0.15) is 42.0 Å². The summed E-state index contributed by atoms with van der Waals surface area (Å²) in [5.41, 5.74) is 5.56. The molecule has 36 heavy (non-hydrogen) atoms. The second-order valence-electron chi connectivity index (χ2n) is 8.83. The molecular formula is C27H24F3N3O3. The molecule has 0 saturated heterocycles. The van der Waals surface area contributed by atoms with E-state index in [0.29, 0.717) is 18.1 Å². The number of benzene rings is 3. The largest absolute Gasteiger partial charge is 0.573 e. The van der Waals surface area contributed by atoms with E-state index in [1.54, 1.807) is 0 Å². The van der Waals surface area contributed by atoms with E-state index in [4.69, 9.17) is 10.1 Å². The molecule has 0 amide bonds. The van der Waals surface area contributed by atoms with Crippen LogP contribution in [-0.4, -0.2) is 27.0 Å². The second-order valence-corrected chi connectivity index (χ2v) is 8.83. The molecule has 1 heterocycles. The van der Waals surface area contributed by atoms with E-state index in [0.717, 1.165) is 35.9 Å². The van der Waals surface area contributed by atoms with Crippen LogP contribution in [0.25, 0.3) is 11.0 Å². The third-order valence-corrected chi connectivity index (χ3v) is 6.37. The summed E-state index contributed by atoms with van der Waals surface area (Å²) >= 11 is 0. The molecule has 186 valence electrons. The minimum Gasteiger partial charge on any atom is -0.481 e. The zero-order valence-electron chi connectivity index (χ0n) is 19.3. The molecule has 0 saturated carbocycles. The van der Waals surface area contributed by atoms with Gasteiger partial charge in [-0.2, -0.15) is 0 Å². The number of carboxylic acids is 1. The van der Waals surface area contributed by atoms with Gasteiger partial charge in [0.1, 0.15) is 5.75 Å². The van der Waals surface area contributed by atoms with Gasteiger partial charge in [0.05, 0.1) is 17.1 Å². The summed E-state index contributed by atoms with van der Waals surface area (Å²) in [4.78, 5) is 15.8. The maximum Gasteiger partial charge on any atom is 0.573 e. The number of hydrogen-bond donors (Lipinski definition) is 2. The van der Waals surface area contributed by atoms with Gasteiger partial charge >= 0.3 is 12.3 Å². The summed E-state index contributed by atoms with van der Waals surface area (Å²) < 4.78 is 43.7. The van der Waals surface area contributed by atoms with Crippen molar-refractivity contribution in [3.63, 3.8) is 0 Å². The van der Waals surface area contributed by atoms with Gasteiger partial charge in [0, 0.05) is 12.1 Å². The first-order valence-electron chi connectivity index (χ1n) is 11.7. The van der Waals surface area contributed by atoms with Crippen molar-refractivity contribution in [1.29, 1.82) is 0 Å². The van der Waals surface area contributed by atoms with Crippen molar-refractivity contribution in [3.05, 3.63) is 83.4 Å². The Bertz CT molecular complexity index is 1400. The average Bonchev–Trinajstić information content (AvgIpc) is 3.19. The van der Waals surface area contributed by atoms with Crippen LogP contribution in [0, 0.1) is 0 Å². The molecule has 0 radical (unpaired) electrons.